The van der Waals surface area contributed by atoms with Crippen LogP contribution in [0.25, 0.3) is 0 Å². The number of guanidine groups is 1. The van der Waals surface area contributed by atoms with Crippen LogP contribution in [-0.4, -0.2) is 53.4 Å². The van der Waals surface area contributed by atoms with E-state index in [2.05, 4.69) is 56.8 Å². The van der Waals surface area contributed by atoms with E-state index in [0.717, 1.165) is 31.6 Å². The second-order valence-corrected chi connectivity index (χ2v) is 7.91. The van der Waals surface area contributed by atoms with Crippen LogP contribution in [0.1, 0.15) is 50.2 Å². The van der Waals surface area contributed by atoms with Gasteiger partial charge in [0.15, 0.2) is 5.96 Å². The van der Waals surface area contributed by atoms with Crippen molar-refractivity contribution in [2.24, 2.45) is 4.99 Å². The van der Waals surface area contributed by atoms with Crippen LogP contribution in [-0.2, 0) is 13.1 Å². The molecule has 3 rings (SSSR count). The third-order valence-corrected chi connectivity index (χ3v) is 5.78. The van der Waals surface area contributed by atoms with E-state index >= 15 is 0 Å². The summed E-state index contributed by atoms with van der Waals surface area (Å²) in [5.41, 5.74) is 2.54. The van der Waals surface area contributed by atoms with Gasteiger partial charge >= 0.3 is 0 Å². The summed E-state index contributed by atoms with van der Waals surface area (Å²) in [6, 6.07) is 11.2. The molecule has 0 bridgehead atoms. The largest absolute Gasteiger partial charge is 0.356 e. The van der Waals surface area contributed by atoms with Crippen LogP contribution in [0, 0.1) is 0 Å². The first-order valence-corrected chi connectivity index (χ1v) is 11.0. The van der Waals surface area contributed by atoms with Gasteiger partial charge in [0.2, 0.25) is 0 Å². The Labute approximate surface area is 198 Å². The lowest BCUT2D eigenvalue weighted by Gasteiger charge is -2.33. The first-order valence-electron chi connectivity index (χ1n) is 11.0. The molecule has 1 aliphatic rings. The summed E-state index contributed by atoms with van der Waals surface area (Å²) in [7, 11) is 1.83. The summed E-state index contributed by atoms with van der Waals surface area (Å²) < 4.78 is 1.95. The van der Waals surface area contributed by atoms with Gasteiger partial charge in [-0.15, -0.1) is 24.0 Å². The fourth-order valence-corrected chi connectivity index (χ4v) is 3.99. The molecule has 1 unspecified atom stereocenters. The first-order chi connectivity index (χ1) is 14.3. The lowest BCUT2D eigenvalue weighted by molar-refractivity contribution is 0.158. The van der Waals surface area contributed by atoms with Crippen molar-refractivity contribution < 1.29 is 0 Å². The van der Waals surface area contributed by atoms with Crippen LogP contribution >= 0.6 is 24.0 Å². The normalized spacial score (nSPS) is 17.4. The Kier molecular flexibility index (Phi) is 11.2. The standard InChI is InChI=1S/C23H36N6.HI/c1-20-10-5-7-15-28(20)16-8-6-13-25-23(24-2)26-18-21-11-3-4-12-22(21)19-29-17-9-14-27-29;/h3-4,9,11-12,14,17,20H,5-8,10,13,15-16,18-19H2,1-2H3,(H2,24,25,26);1H. The third-order valence-electron chi connectivity index (χ3n) is 5.78. The van der Waals surface area contributed by atoms with Gasteiger partial charge in [-0.25, -0.2) is 0 Å². The summed E-state index contributed by atoms with van der Waals surface area (Å²) in [6.07, 6.45) is 10.3. The second-order valence-electron chi connectivity index (χ2n) is 7.91. The van der Waals surface area contributed by atoms with Crippen LogP contribution in [0.4, 0.5) is 0 Å². The van der Waals surface area contributed by atoms with Gasteiger partial charge in [-0.3, -0.25) is 9.67 Å². The zero-order chi connectivity index (χ0) is 20.3. The monoisotopic (exact) mass is 524 g/mol. The van der Waals surface area contributed by atoms with Crippen LogP contribution in [0.3, 0.4) is 0 Å². The maximum atomic E-state index is 4.37. The van der Waals surface area contributed by atoms with E-state index < -0.39 is 0 Å². The van der Waals surface area contributed by atoms with Crippen molar-refractivity contribution in [2.75, 3.05) is 26.7 Å². The average Bonchev–Trinajstić information content (AvgIpc) is 3.25. The van der Waals surface area contributed by atoms with Crippen molar-refractivity contribution >= 4 is 29.9 Å². The van der Waals surface area contributed by atoms with Gasteiger partial charge in [-0.05, 0) is 62.9 Å². The lowest BCUT2D eigenvalue weighted by Crippen LogP contribution is -2.39. The number of piperidine rings is 1. The minimum atomic E-state index is 0. The molecule has 2 aromatic rings. The van der Waals surface area contributed by atoms with Crippen LogP contribution < -0.4 is 10.6 Å². The van der Waals surface area contributed by atoms with Gasteiger partial charge in [0.25, 0.3) is 0 Å². The molecule has 1 aromatic heterocycles. The third kappa shape index (κ3) is 7.91. The molecule has 6 nitrogen and oxygen atoms in total. The zero-order valence-electron chi connectivity index (χ0n) is 18.4. The minimum Gasteiger partial charge on any atom is -0.356 e. The van der Waals surface area contributed by atoms with Crippen LogP contribution in [0.5, 0.6) is 0 Å². The number of aromatic nitrogens is 2. The molecule has 1 aromatic carbocycles. The van der Waals surface area contributed by atoms with E-state index in [1.165, 1.54) is 56.3 Å². The minimum absolute atomic E-state index is 0. The Balaban J connectivity index is 0.00000320. The summed E-state index contributed by atoms with van der Waals surface area (Å²) >= 11 is 0. The predicted molar refractivity (Wildman–Crippen MR) is 136 cm³/mol. The highest BCUT2D eigenvalue weighted by molar-refractivity contribution is 14.0. The molecular weight excluding hydrogens is 487 g/mol. The van der Waals surface area contributed by atoms with E-state index in [4.69, 9.17) is 0 Å². The van der Waals surface area contributed by atoms with Crippen LogP contribution in [0.2, 0.25) is 0 Å². The van der Waals surface area contributed by atoms with Gasteiger partial charge < -0.3 is 15.5 Å². The number of hydrogen-bond acceptors (Lipinski definition) is 3. The molecule has 0 aliphatic carbocycles. The fraction of sp³-hybridized carbons (Fsp3) is 0.565. The number of likely N-dealkylation sites (tertiary alicyclic amines) is 1. The molecule has 1 saturated heterocycles. The van der Waals surface area contributed by atoms with Gasteiger partial charge in [0.1, 0.15) is 0 Å². The number of unbranched alkanes of at least 4 members (excludes halogenated alkanes) is 1. The van der Waals surface area contributed by atoms with Gasteiger partial charge in [0.05, 0.1) is 6.54 Å². The first kappa shape index (κ1) is 24.7. The van der Waals surface area contributed by atoms with E-state index in [9.17, 15) is 0 Å². The number of rotatable bonds is 9. The predicted octanol–water partition coefficient (Wildman–Crippen LogP) is 3.87. The molecule has 7 heteroatoms. The van der Waals surface area contributed by atoms with E-state index in [-0.39, 0.29) is 24.0 Å². The molecular formula is C23H37IN6. The number of aliphatic imine (C=N–C) groups is 1. The molecule has 30 heavy (non-hydrogen) atoms. The smallest absolute Gasteiger partial charge is 0.191 e. The molecule has 0 amide bonds. The summed E-state index contributed by atoms with van der Waals surface area (Å²) in [5, 5.41) is 11.2. The Morgan fingerprint density at radius 1 is 1.13 bits per heavy atom. The number of benzene rings is 1. The van der Waals surface area contributed by atoms with E-state index in [1.807, 2.05) is 30.2 Å². The van der Waals surface area contributed by atoms with Crippen LogP contribution in [0.15, 0.2) is 47.7 Å². The maximum Gasteiger partial charge on any atom is 0.191 e. The average molecular weight is 524 g/mol. The second kappa shape index (κ2) is 13.6. The van der Waals surface area contributed by atoms with Crippen molar-refractivity contribution in [2.45, 2.75) is 58.2 Å². The molecule has 0 saturated carbocycles. The molecule has 2 heterocycles. The Bertz CT molecular complexity index is 746. The quantitative estimate of drug-likeness (QED) is 0.226. The van der Waals surface area contributed by atoms with E-state index in [0.29, 0.717) is 0 Å². The van der Waals surface area contributed by atoms with E-state index in [1.54, 1.807) is 0 Å². The van der Waals surface area contributed by atoms with Crippen molar-refractivity contribution in [3.05, 3.63) is 53.9 Å². The fourth-order valence-electron chi connectivity index (χ4n) is 3.99. The van der Waals surface area contributed by atoms with Crippen molar-refractivity contribution in [3.63, 3.8) is 0 Å². The maximum absolute atomic E-state index is 4.37. The summed E-state index contributed by atoms with van der Waals surface area (Å²) in [6.45, 7) is 7.35. The summed E-state index contributed by atoms with van der Waals surface area (Å²) in [4.78, 5) is 7.02. The molecule has 0 spiro atoms. The van der Waals surface area contributed by atoms with Crippen molar-refractivity contribution in [1.29, 1.82) is 0 Å². The highest BCUT2D eigenvalue weighted by Gasteiger charge is 2.16. The lowest BCUT2D eigenvalue weighted by atomic mass is 10.0. The number of nitrogens with zero attached hydrogens (tertiary/aromatic N) is 4. The SMILES string of the molecule is CN=C(NCCCCN1CCCCC1C)NCc1ccccc1Cn1cccn1.I. The molecule has 1 atom stereocenters. The van der Waals surface area contributed by atoms with Gasteiger partial charge in [-0.1, -0.05) is 30.7 Å². The highest BCUT2D eigenvalue weighted by atomic mass is 127. The summed E-state index contributed by atoms with van der Waals surface area (Å²) in [5.74, 6) is 0.866. The zero-order valence-corrected chi connectivity index (χ0v) is 20.7. The Hall–Kier alpha value is -1.61. The topological polar surface area (TPSA) is 57.5 Å². The Morgan fingerprint density at radius 3 is 2.70 bits per heavy atom. The highest BCUT2D eigenvalue weighted by Crippen LogP contribution is 2.16. The molecule has 166 valence electrons. The molecule has 2 N–H and O–H groups in total. The van der Waals surface area contributed by atoms with Gasteiger partial charge in [-0.2, -0.15) is 5.10 Å². The Morgan fingerprint density at radius 2 is 1.97 bits per heavy atom. The van der Waals surface area contributed by atoms with Gasteiger partial charge in [0, 0.05) is 38.6 Å². The molecule has 1 fully saturated rings. The number of nitrogens with one attached hydrogen (secondary N) is 2. The number of hydrogen-bond donors (Lipinski definition) is 2. The van der Waals surface area contributed by atoms with Crippen molar-refractivity contribution in [3.8, 4) is 0 Å². The molecule has 1 aliphatic heterocycles. The van der Waals surface area contributed by atoms with Crippen molar-refractivity contribution in [1.82, 2.24) is 25.3 Å². The number of halogens is 1. The molecule has 0 radical (unpaired) electrons.